The lowest BCUT2D eigenvalue weighted by Crippen LogP contribution is -2.29. The summed E-state index contributed by atoms with van der Waals surface area (Å²) in [5.41, 5.74) is 0. The molecular formula is C23H41NO3S. The molecule has 162 valence electrons. The van der Waals surface area contributed by atoms with Crippen LogP contribution in [0, 0.1) is 0 Å². The van der Waals surface area contributed by atoms with Crippen molar-refractivity contribution in [1.29, 1.82) is 0 Å². The topological polar surface area (TPSA) is 51.6 Å². The molecule has 2 rings (SSSR count). The molecule has 0 amide bonds. The lowest BCUT2D eigenvalue weighted by molar-refractivity contribution is -0.155. The zero-order valence-corrected chi connectivity index (χ0v) is 19.0. The molecule has 0 saturated carbocycles. The maximum absolute atomic E-state index is 10.6. The van der Waals surface area contributed by atoms with Crippen molar-refractivity contribution in [1.82, 2.24) is 4.98 Å². The fourth-order valence-electron chi connectivity index (χ4n) is 4.06. The molecule has 1 aromatic heterocycles. The molecular weight excluding hydrogens is 370 g/mol. The molecule has 4 nitrogen and oxygen atoms in total. The Morgan fingerprint density at radius 3 is 2.07 bits per heavy atom. The van der Waals surface area contributed by atoms with Crippen LogP contribution in [0.5, 0.6) is 0 Å². The molecule has 0 unspecified atom stereocenters. The summed E-state index contributed by atoms with van der Waals surface area (Å²) in [6, 6.07) is 0. The first-order chi connectivity index (χ1) is 13.5. The number of rotatable bonds is 15. The maximum atomic E-state index is 10.6. The van der Waals surface area contributed by atoms with Crippen molar-refractivity contribution in [3.05, 3.63) is 16.6 Å². The molecule has 0 spiro atoms. The molecule has 1 N–H and O–H groups in total. The minimum Gasteiger partial charge on any atom is -0.383 e. The molecule has 1 saturated heterocycles. The third-order valence-corrected chi connectivity index (χ3v) is 6.43. The number of aliphatic hydroxyl groups is 1. The van der Waals surface area contributed by atoms with E-state index < -0.39 is 11.9 Å². The van der Waals surface area contributed by atoms with Crippen LogP contribution < -0.4 is 0 Å². The largest absolute Gasteiger partial charge is 0.383 e. The highest BCUT2D eigenvalue weighted by Gasteiger charge is 2.45. The monoisotopic (exact) mass is 411 g/mol. The van der Waals surface area contributed by atoms with Gasteiger partial charge in [-0.2, -0.15) is 0 Å². The van der Waals surface area contributed by atoms with E-state index in [1.54, 1.807) is 6.20 Å². The average molecular weight is 412 g/mol. The number of aromatic nitrogens is 1. The van der Waals surface area contributed by atoms with Gasteiger partial charge in [0, 0.05) is 11.6 Å². The van der Waals surface area contributed by atoms with Gasteiger partial charge >= 0.3 is 0 Å². The number of unbranched alkanes of at least 4 members (excludes halogenated alkanes) is 11. The fraction of sp³-hybridized carbons (Fsp3) is 0.870. The molecule has 5 heteroatoms. The second-order valence-corrected chi connectivity index (χ2v) is 9.56. The molecule has 1 aromatic rings. The van der Waals surface area contributed by atoms with Crippen LogP contribution in [-0.2, 0) is 9.47 Å². The number of aliphatic hydroxyl groups excluding tert-OH is 1. The van der Waals surface area contributed by atoms with Crippen molar-refractivity contribution in [2.75, 3.05) is 0 Å². The number of nitrogens with zero attached hydrogens (tertiary/aromatic N) is 1. The van der Waals surface area contributed by atoms with Crippen molar-refractivity contribution >= 4 is 11.3 Å². The maximum Gasteiger partial charge on any atom is 0.163 e. The fourth-order valence-corrected chi connectivity index (χ4v) is 4.72. The number of ether oxygens (including phenoxy) is 2. The Kier molecular flexibility index (Phi) is 11.0. The van der Waals surface area contributed by atoms with Gasteiger partial charge in [-0.3, -0.25) is 0 Å². The molecule has 1 aliphatic rings. The van der Waals surface area contributed by atoms with Gasteiger partial charge in [0.05, 0.1) is 6.10 Å². The third kappa shape index (κ3) is 8.48. The quantitative estimate of drug-likeness (QED) is 0.323. The average Bonchev–Trinajstić information content (AvgIpc) is 3.30. The number of hydrogen-bond donors (Lipinski definition) is 1. The van der Waals surface area contributed by atoms with Gasteiger partial charge in [0.2, 0.25) is 0 Å². The highest BCUT2D eigenvalue weighted by atomic mass is 32.1. The molecule has 28 heavy (non-hydrogen) atoms. The Hall–Kier alpha value is -0.490. The minimum atomic E-state index is -0.705. The van der Waals surface area contributed by atoms with Crippen molar-refractivity contribution < 1.29 is 14.6 Å². The van der Waals surface area contributed by atoms with E-state index in [0.29, 0.717) is 5.01 Å². The smallest absolute Gasteiger partial charge is 0.163 e. The normalized spacial score (nSPS) is 22.6. The van der Waals surface area contributed by atoms with Gasteiger partial charge in [0.1, 0.15) is 17.2 Å². The van der Waals surface area contributed by atoms with E-state index in [4.69, 9.17) is 9.47 Å². The second kappa shape index (κ2) is 12.9. The molecule has 2 heterocycles. The van der Waals surface area contributed by atoms with Crippen LogP contribution in [0.25, 0.3) is 0 Å². The summed E-state index contributed by atoms with van der Waals surface area (Å²) in [5.74, 6) is -0.634. The number of hydrogen-bond acceptors (Lipinski definition) is 5. The van der Waals surface area contributed by atoms with Crippen LogP contribution in [0.2, 0.25) is 0 Å². The molecule has 0 aromatic carbocycles. The molecule has 1 aliphatic heterocycles. The van der Waals surface area contributed by atoms with Crippen molar-refractivity contribution in [3.8, 4) is 0 Å². The summed E-state index contributed by atoms with van der Waals surface area (Å²) in [5, 5.41) is 13.2. The van der Waals surface area contributed by atoms with Gasteiger partial charge in [0.15, 0.2) is 5.79 Å². The van der Waals surface area contributed by atoms with E-state index in [0.717, 1.165) is 12.8 Å². The van der Waals surface area contributed by atoms with Crippen LogP contribution in [-0.4, -0.2) is 28.1 Å². The first-order valence-corrected chi connectivity index (χ1v) is 12.3. The summed E-state index contributed by atoms with van der Waals surface area (Å²) in [7, 11) is 0. The van der Waals surface area contributed by atoms with E-state index in [-0.39, 0.29) is 12.2 Å². The lowest BCUT2D eigenvalue weighted by Gasteiger charge is -2.21. The predicted molar refractivity (Wildman–Crippen MR) is 117 cm³/mol. The van der Waals surface area contributed by atoms with Crippen LogP contribution in [0.1, 0.15) is 115 Å². The number of thiazole rings is 1. The van der Waals surface area contributed by atoms with Gasteiger partial charge in [-0.1, -0.05) is 84.0 Å². The molecule has 3 atom stereocenters. The van der Waals surface area contributed by atoms with E-state index in [1.807, 2.05) is 19.2 Å². The summed E-state index contributed by atoms with van der Waals surface area (Å²) in [6.45, 7) is 6.13. The lowest BCUT2D eigenvalue weighted by atomic mass is 10.0. The predicted octanol–water partition coefficient (Wildman–Crippen LogP) is 6.79. The minimum absolute atomic E-state index is 0.0583. The summed E-state index contributed by atoms with van der Waals surface area (Å²) >= 11 is 1.47. The Labute approximate surface area is 176 Å². The van der Waals surface area contributed by atoms with E-state index >= 15 is 0 Å². The summed E-state index contributed by atoms with van der Waals surface area (Å²) in [4.78, 5) is 4.24. The first-order valence-electron chi connectivity index (χ1n) is 11.5. The Balaban J connectivity index is 1.56. The van der Waals surface area contributed by atoms with Gasteiger partial charge in [0.25, 0.3) is 0 Å². The van der Waals surface area contributed by atoms with Crippen LogP contribution in [0.4, 0.5) is 0 Å². The first kappa shape index (κ1) is 23.8. The SMILES string of the molecule is CCCCCCCCCCCCCC[C@H]1OC(C)(C)O[C@H]1[C@H](O)c1nccs1. The molecule has 0 aliphatic carbocycles. The zero-order valence-electron chi connectivity index (χ0n) is 18.2. The van der Waals surface area contributed by atoms with E-state index in [1.165, 1.54) is 82.0 Å². The van der Waals surface area contributed by atoms with E-state index in [2.05, 4.69) is 11.9 Å². The molecule has 1 fully saturated rings. The van der Waals surface area contributed by atoms with Gasteiger partial charge in [-0.15, -0.1) is 11.3 Å². The zero-order chi connectivity index (χ0) is 20.2. The second-order valence-electron chi connectivity index (χ2n) is 8.63. The van der Waals surface area contributed by atoms with Crippen LogP contribution in [0.3, 0.4) is 0 Å². The van der Waals surface area contributed by atoms with Gasteiger partial charge < -0.3 is 14.6 Å². The highest BCUT2D eigenvalue weighted by molar-refractivity contribution is 7.09. The molecule has 0 radical (unpaired) electrons. The highest BCUT2D eigenvalue weighted by Crippen LogP contribution is 2.37. The van der Waals surface area contributed by atoms with Crippen molar-refractivity contribution in [2.45, 2.75) is 128 Å². The van der Waals surface area contributed by atoms with Crippen molar-refractivity contribution in [2.24, 2.45) is 0 Å². The van der Waals surface area contributed by atoms with Crippen molar-refractivity contribution in [3.63, 3.8) is 0 Å². The standard InChI is InChI=1S/C23H41NO3S/c1-4-5-6-7-8-9-10-11-12-13-14-15-16-19-21(27-23(2,3)26-19)20(25)22-24-17-18-28-22/h17-21,25H,4-16H2,1-3H3/t19-,20+,21-/m1/s1. The van der Waals surface area contributed by atoms with Crippen LogP contribution in [0.15, 0.2) is 11.6 Å². The Morgan fingerprint density at radius 2 is 1.54 bits per heavy atom. The molecule has 0 bridgehead atoms. The summed E-state index contributed by atoms with van der Waals surface area (Å²) < 4.78 is 12.1. The third-order valence-electron chi connectivity index (χ3n) is 5.58. The Bertz CT molecular complexity index is 506. The van der Waals surface area contributed by atoms with Gasteiger partial charge in [-0.25, -0.2) is 4.98 Å². The summed E-state index contributed by atoms with van der Waals surface area (Å²) in [6.07, 6.45) is 17.7. The van der Waals surface area contributed by atoms with E-state index in [9.17, 15) is 5.11 Å². The van der Waals surface area contributed by atoms with Crippen LogP contribution >= 0.6 is 11.3 Å². The van der Waals surface area contributed by atoms with Gasteiger partial charge in [-0.05, 0) is 20.3 Å². The Morgan fingerprint density at radius 1 is 0.964 bits per heavy atom.